The Balaban J connectivity index is 1.13. The fourth-order valence-corrected chi connectivity index (χ4v) is 6.48. The summed E-state index contributed by atoms with van der Waals surface area (Å²) in [5.41, 5.74) is 3.21. The van der Waals surface area contributed by atoms with Crippen LogP contribution in [0, 0.1) is 12.8 Å². The molecule has 0 bridgehead atoms. The van der Waals surface area contributed by atoms with Crippen molar-refractivity contribution in [3.63, 3.8) is 0 Å². The molecule has 0 aliphatic carbocycles. The fraction of sp³-hybridized carbons (Fsp3) is 0.419. The SMILES string of the molecule is Cc1ccc(C(=O)N2CCN(c3cc(Cl)nc(SCC(=O)N4CCC(Cc5ccccc5)CC4)n3)CC2C)cc1. The summed E-state index contributed by atoms with van der Waals surface area (Å²) in [6.45, 7) is 7.54. The number of hydrogen-bond donors (Lipinski definition) is 0. The maximum atomic E-state index is 13.1. The Morgan fingerprint density at radius 2 is 1.70 bits per heavy atom. The molecule has 1 atom stereocenters. The first-order chi connectivity index (χ1) is 19.4. The predicted octanol–water partition coefficient (Wildman–Crippen LogP) is 5.36. The lowest BCUT2D eigenvalue weighted by molar-refractivity contribution is -0.129. The van der Waals surface area contributed by atoms with Crippen molar-refractivity contribution in [1.82, 2.24) is 19.8 Å². The predicted molar refractivity (Wildman–Crippen MR) is 161 cm³/mol. The molecule has 3 aromatic rings. The van der Waals surface area contributed by atoms with Gasteiger partial charge in [-0.1, -0.05) is 71.4 Å². The molecule has 0 N–H and O–H groups in total. The van der Waals surface area contributed by atoms with Crippen molar-refractivity contribution in [2.24, 2.45) is 5.92 Å². The van der Waals surface area contributed by atoms with Gasteiger partial charge >= 0.3 is 0 Å². The molecule has 2 aromatic carbocycles. The van der Waals surface area contributed by atoms with Gasteiger partial charge in [0.1, 0.15) is 11.0 Å². The number of nitrogens with zero attached hydrogens (tertiary/aromatic N) is 5. The molecule has 0 radical (unpaired) electrons. The molecule has 2 aliphatic rings. The second kappa shape index (κ2) is 13.0. The summed E-state index contributed by atoms with van der Waals surface area (Å²) in [4.78, 5) is 41.1. The normalized spacial score (nSPS) is 18.2. The molecule has 2 aliphatic heterocycles. The van der Waals surface area contributed by atoms with E-state index < -0.39 is 0 Å². The highest BCUT2D eigenvalue weighted by atomic mass is 35.5. The minimum absolute atomic E-state index is 0.0128. The summed E-state index contributed by atoms with van der Waals surface area (Å²) in [5.74, 6) is 1.80. The molecule has 9 heteroatoms. The molecule has 210 valence electrons. The van der Waals surface area contributed by atoms with Gasteiger partial charge in [0, 0.05) is 50.4 Å². The summed E-state index contributed by atoms with van der Waals surface area (Å²) >= 11 is 7.71. The highest BCUT2D eigenvalue weighted by molar-refractivity contribution is 7.99. The Hall–Kier alpha value is -3.10. The number of halogens is 1. The summed E-state index contributed by atoms with van der Waals surface area (Å²) in [7, 11) is 0. The number of aromatic nitrogens is 2. The summed E-state index contributed by atoms with van der Waals surface area (Å²) in [6.07, 6.45) is 3.13. The molecule has 2 saturated heterocycles. The van der Waals surface area contributed by atoms with Crippen LogP contribution in [-0.2, 0) is 11.2 Å². The maximum absolute atomic E-state index is 13.1. The topological polar surface area (TPSA) is 69.6 Å². The quantitative estimate of drug-likeness (QED) is 0.214. The van der Waals surface area contributed by atoms with Gasteiger partial charge in [-0.15, -0.1) is 0 Å². The van der Waals surface area contributed by atoms with E-state index in [-0.39, 0.29) is 17.9 Å². The van der Waals surface area contributed by atoms with Gasteiger partial charge in [0.15, 0.2) is 5.16 Å². The molecule has 1 aromatic heterocycles. The van der Waals surface area contributed by atoms with Crippen molar-refractivity contribution in [3.05, 3.63) is 82.5 Å². The summed E-state index contributed by atoms with van der Waals surface area (Å²) < 4.78 is 0. The molecule has 40 heavy (non-hydrogen) atoms. The van der Waals surface area contributed by atoms with Crippen LogP contribution < -0.4 is 4.90 Å². The number of amides is 2. The number of anilines is 1. The van der Waals surface area contributed by atoms with Gasteiger partial charge in [-0.25, -0.2) is 9.97 Å². The van der Waals surface area contributed by atoms with E-state index in [9.17, 15) is 9.59 Å². The highest BCUT2D eigenvalue weighted by Gasteiger charge is 2.29. The number of carbonyl (C=O) groups excluding carboxylic acids is 2. The lowest BCUT2D eigenvalue weighted by atomic mass is 9.90. The van der Waals surface area contributed by atoms with Crippen molar-refractivity contribution in [1.29, 1.82) is 0 Å². The van der Waals surface area contributed by atoms with Crippen LogP contribution in [0.1, 0.15) is 41.3 Å². The van der Waals surface area contributed by atoms with Crippen molar-refractivity contribution in [2.45, 2.75) is 44.3 Å². The molecule has 2 amide bonds. The Labute approximate surface area is 245 Å². The number of likely N-dealkylation sites (tertiary alicyclic amines) is 1. The van der Waals surface area contributed by atoms with Gasteiger partial charge in [0.25, 0.3) is 5.91 Å². The average molecular weight is 578 g/mol. The van der Waals surface area contributed by atoms with Crippen LogP contribution in [0.5, 0.6) is 0 Å². The molecule has 3 heterocycles. The van der Waals surface area contributed by atoms with Crippen molar-refractivity contribution in [2.75, 3.05) is 43.4 Å². The maximum Gasteiger partial charge on any atom is 0.254 e. The molecule has 1 unspecified atom stereocenters. The molecular weight excluding hydrogens is 542 g/mol. The Bertz CT molecular complexity index is 1320. The zero-order valence-electron chi connectivity index (χ0n) is 23.1. The van der Waals surface area contributed by atoms with E-state index in [1.54, 1.807) is 6.07 Å². The third-order valence-electron chi connectivity index (χ3n) is 7.83. The van der Waals surface area contributed by atoms with E-state index in [0.29, 0.717) is 47.2 Å². The number of rotatable bonds is 7. The third-order valence-corrected chi connectivity index (χ3v) is 8.86. The zero-order chi connectivity index (χ0) is 28.1. The van der Waals surface area contributed by atoms with Gasteiger partial charge in [-0.3, -0.25) is 9.59 Å². The van der Waals surface area contributed by atoms with Crippen LogP contribution >= 0.6 is 23.4 Å². The minimum atomic E-state index is 0.0128. The van der Waals surface area contributed by atoms with E-state index >= 15 is 0 Å². The number of piperidine rings is 1. The van der Waals surface area contributed by atoms with E-state index in [1.807, 2.05) is 47.1 Å². The lowest BCUT2D eigenvalue weighted by Gasteiger charge is -2.40. The molecule has 7 nitrogen and oxygen atoms in total. The Morgan fingerprint density at radius 1 is 0.975 bits per heavy atom. The van der Waals surface area contributed by atoms with Gasteiger partial charge in [-0.05, 0) is 56.7 Å². The number of thioether (sulfide) groups is 1. The molecule has 2 fully saturated rings. The molecule has 5 rings (SSSR count). The number of hydrogen-bond acceptors (Lipinski definition) is 6. The van der Waals surface area contributed by atoms with E-state index in [2.05, 4.69) is 41.1 Å². The van der Waals surface area contributed by atoms with Crippen LogP contribution in [0.25, 0.3) is 0 Å². The summed E-state index contributed by atoms with van der Waals surface area (Å²) in [6, 6.07) is 20.1. The van der Waals surface area contributed by atoms with E-state index in [1.165, 1.54) is 17.3 Å². The average Bonchev–Trinajstić information content (AvgIpc) is 2.96. The van der Waals surface area contributed by atoms with Gasteiger partial charge < -0.3 is 14.7 Å². The standard InChI is InChI=1S/C31H36ClN5O2S/c1-22-8-10-26(11-9-22)30(39)37-17-16-36(20-23(37)2)28-19-27(32)33-31(34-28)40-21-29(38)35-14-12-25(13-15-35)18-24-6-4-3-5-7-24/h3-11,19,23,25H,12-18,20-21H2,1-2H3. The molecule has 0 spiro atoms. The Morgan fingerprint density at radius 3 is 2.40 bits per heavy atom. The van der Waals surface area contributed by atoms with Crippen LogP contribution in [0.4, 0.5) is 5.82 Å². The van der Waals surface area contributed by atoms with Crippen molar-refractivity contribution >= 4 is 41.0 Å². The summed E-state index contributed by atoms with van der Waals surface area (Å²) in [5, 5.41) is 0.855. The fourth-order valence-electron chi connectivity index (χ4n) is 5.49. The van der Waals surface area contributed by atoms with Crippen LogP contribution in [-0.4, -0.2) is 76.1 Å². The first-order valence-electron chi connectivity index (χ1n) is 14.0. The first-order valence-corrected chi connectivity index (χ1v) is 15.3. The van der Waals surface area contributed by atoms with E-state index in [0.717, 1.165) is 43.7 Å². The molecule has 0 saturated carbocycles. The van der Waals surface area contributed by atoms with Gasteiger partial charge in [-0.2, -0.15) is 0 Å². The smallest absolute Gasteiger partial charge is 0.254 e. The van der Waals surface area contributed by atoms with Crippen molar-refractivity contribution in [3.8, 4) is 0 Å². The van der Waals surface area contributed by atoms with Gasteiger partial charge in [0.05, 0.1) is 5.75 Å². The monoisotopic (exact) mass is 577 g/mol. The number of aryl methyl sites for hydroxylation is 1. The first kappa shape index (κ1) is 28.4. The number of carbonyl (C=O) groups is 2. The Kier molecular flexibility index (Phi) is 9.27. The second-order valence-corrected chi connectivity index (χ2v) is 12.1. The van der Waals surface area contributed by atoms with Crippen LogP contribution in [0.2, 0.25) is 5.15 Å². The van der Waals surface area contributed by atoms with Crippen LogP contribution in [0.15, 0.2) is 65.8 Å². The molecular formula is C31H36ClN5O2S. The van der Waals surface area contributed by atoms with Crippen molar-refractivity contribution < 1.29 is 9.59 Å². The van der Waals surface area contributed by atoms with Crippen LogP contribution in [0.3, 0.4) is 0 Å². The zero-order valence-corrected chi connectivity index (χ0v) is 24.7. The minimum Gasteiger partial charge on any atom is -0.353 e. The third kappa shape index (κ3) is 7.15. The van der Waals surface area contributed by atoms with Gasteiger partial charge in [0.2, 0.25) is 5.91 Å². The largest absolute Gasteiger partial charge is 0.353 e. The number of benzene rings is 2. The second-order valence-electron chi connectivity index (χ2n) is 10.8. The lowest BCUT2D eigenvalue weighted by Crippen LogP contribution is -2.54. The highest BCUT2D eigenvalue weighted by Crippen LogP contribution is 2.26. The van der Waals surface area contributed by atoms with E-state index in [4.69, 9.17) is 16.6 Å². The number of piperazine rings is 1.